The number of nitrogens with zero attached hydrogens (tertiary/aromatic N) is 2. The molecule has 1 unspecified atom stereocenters. The van der Waals surface area contributed by atoms with Crippen molar-refractivity contribution in [3.05, 3.63) is 78.6 Å². The molecule has 0 amide bonds. The van der Waals surface area contributed by atoms with Crippen molar-refractivity contribution < 1.29 is 0 Å². The van der Waals surface area contributed by atoms with Crippen LogP contribution >= 0.6 is 0 Å². The number of anilines is 1. The Morgan fingerprint density at radius 3 is 2.52 bits per heavy atom. The van der Waals surface area contributed by atoms with E-state index in [1.165, 1.54) is 5.56 Å². The maximum atomic E-state index is 4.31. The normalized spacial score (nSPS) is 12.0. The molecule has 3 rings (SSSR count). The van der Waals surface area contributed by atoms with E-state index >= 15 is 0 Å². The van der Waals surface area contributed by atoms with Crippen molar-refractivity contribution in [3.63, 3.8) is 0 Å². The predicted molar refractivity (Wildman–Crippen MR) is 86.9 cm³/mol. The molecule has 0 bridgehead atoms. The van der Waals surface area contributed by atoms with Crippen LogP contribution < -0.4 is 5.32 Å². The van der Waals surface area contributed by atoms with Gasteiger partial charge in [-0.05, 0) is 29.7 Å². The lowest BCUT2D eigenvalue weighted by atomic mass is 10.0. The van der Waals surface area contributed by atoms with Gasteiger partial charge in [0.25, 0.3) is 0 Å². The van der Waals surface area contributed by atoms with E-state index in [4.69, 9.17) is 0 Å². The summed E-state index contributed by atoms with van der Waals surface area (Å²) >= 11 is 0. The van der Waals surface area contributed by atoms with Crippen LogP contribution in [0.4, 0.5) is 5.69 Å². The number of aromatic nitrogens is 2. The van der Waals surface area contributed by atoms with Gasteiger partial charge in [0.15, 0.2) is 0 Å². The second-order valence-corrected chi connectivity index (χ2v) is 5.16. The van der Waals surface area contributed by atoms with Crippen molar-refractivity contribution in [2.24, 2.45) is 0 Å². The molecule has 106 valence electrons. The van der Waals surface area contributed by atoms with E-state index in [2.05, 4.69) is 59.8 Å². The molecule has 0 radical (unpaired) electrons. The third-order valence-corrected chi connectivity index (χ3v) is 3.62. The summed E-state index contributed by atoms with van der Waals surface area (Å²) in [6.07, 6.45) is 3.75. The van der Waals surface area contributed by atoms with Crippen LogP contribution in [0, 0.1) is 0 Å². The third kappa shape index (κ3) is 3.14. The molecule has 0 saturated heterocycles. The SMILES string of the molecule is CC(CNc1ccccc1-n1cccn1)c1ccccc1. The van der Waals surface area contributed by atoms with E-state index in [-0.39, 0.29) is 0 Å². The molecule has 1 N–H and O–H groups in total. The molecule has 1 atom stereocenters. The monoisotopic (exact) mass is 277 g/mol. The van der Waals surface area contributed by atoms with Gasteiger partial charge in [0.2, 0.25) is 0 Å². The second-order valence-electron chi connectivity index (χ2n) is 5.16. The van der Waals surface area contributed by atoms with Gasteiger partial charge >= 0.3 is 0 Å². The maximum Gasteiger partial charge on any atom is 0.0876 e. The van der Waals surface area contributed by atoms with Crippen LogP contribution in [0.5, 0.6) is 0 Å². The molecule has 1 aromatic heterocycles. The first kappa shape index (κ1) is 13.4. The Kier molecular flexibility index (Phi) is 4.01. The van der Waals surface area contributed by atoms with Gasteiger partial charge in [-0.25, -0.2) is 4.68 Å². The molecular weight excluding hydrogens is 258 g/mol. The van der Waals surface area contributed by atoms with Crippen LogP contribution in [0.25, 0.3) is 5.69 Å². The van der Waals surface area contributed by atoms with Crippen LogP contribution in [0.1, 0.15) is 18.4 Å². The minimum Gasteiger partial charge on any atom is -0.383 e. The summed E-state index contributed by atoms with van der Waals surface area (Å²) in [6, 6.07) is 20.7. The van der Waals surface area contributed by atoms with Crippen molar-refractivity contribution in [1.82, 2.24) is 9.78 Å². The summed E-state index contributed by atoms with van der Waals surface area (Å²) in [6.45, 7) is 3.13. The molecule has 3 nitrogen and oxygen atoms in total. The maximum absolute atomic E-state index is 4.31. The van der Waals surface area contributed by atoms with Gasteiger partial charge in [-0.2, -0.15) is 5.10 Å². The zero-order valence-corrected chi connectivity index (χ0v) is 12.1. The fraction of sp³-hybridized carbons (Fsp3) is 0.167. The first-order valence-corrected chi connectivity index (χ1v) is 7.22. The van der Waals surface area contributed by atoms with Gasteiger partial charge in [0.1, 0.15) is 0 Å². The van der Waals surface area contributed by atoms with Crippen molar-refractivity contribution in [2.75, 3.05) is 11.9 Å². The average molecular weight is 277 g/mol. The molecule has 2 aromatic carbocycles. The molecule has 0 fully saturated rings. The molecule has 3 aromatic rings. The molecule has 0 aliphatic heterocycles. The Hall–Kier alpha value is -2.55. The minimum absolute atomic E-state index is 0.455. The van der Waals surface area contributed by atoms with E-state index in [0.717, 1.165) is 17.9 Å². The number of para-hydroxylation sites is 2. The fourth-order valence-electron chi connectivity index (χ4n) is 2.40. The summed E-state index contributed by atoms with van der Waals surface area (Å²) in [7, 11) is 0. The second kappa shape index (κ2) is 6.27. The third-order valence-electron chi connectivity index (χ3n) is 3.62. The lowest BCUT2D eigenvalue weighted by molar-refractivity contribution is 0.801. The topological polar surface area (TPSA) is 29.9 Å². The molecule has 0 saturated carbocycles. The first-order valence-electron chi connectivity index (χ1n) is 7.22. The number of hydrogen-bond acceptors (Lipinski definition) is 2. The Labute approximate surface area is 125 Å². The Bertz CT molecular complexity index is 675. The van der Waals surface area contributed by atoms with Gasteiger partial charge in [-0.1, -0.05) is 49.4 Å². The highest BCUT2D eigenvalue weighted by atomic mass is 15.3. The van der Waals surface area contributed by atoms with Gasteiger partial charge in [-0.3, -0.25) is 0 Å². The highest BCUT2D eigenvalue weighted by molar-refractivity contribution is 5.60. The van der Waals surface area contributed by atoms with Crippen LogP contribution in [0.3, 0.4) is 0 Å². The van der Waals surface area contributed by atoms with E-state index in [9.17, 15) is 0 Å². The standard InChI is InChI=1S/C18H19N3/c1-15(16-8-3-2-4-9-16)14-19-17-10-5-6-11-18(17)21-13-7-12-20-21/h2-13,15,19H,14H2,1H3. The largest absolute Gasteiger partial charge is 0.383 e. The van der Waals surface area contributed by atoms with Crippen molar-refractivity contribution in [3.8, 4) is 5.69 Å². The van der Waals surface area contributed by atoms with E-state index in [1.807, 2.05) is 29.1 Å². The highest BCUT2D eigenvalue weighted by Crippen LogP contribution is 2.21. The summed E-state index contributed by atoms with van der Waals surface area (Å²) in [4.78, 5) is 0. The highest BCUT2D eigenvalue weighted by Gasteiger charge is 2.07. The fourth-order valence-corrected chi connectivity index (χ4v) is 2.40. The summed E-state index contributed by atoms with van der Waals surface area (Å²) < 4.78 is 1.88. The quantitative estimate of drug-likeness (QED) is 0.761. The molecule has 0 spiro atoms. The lowest BCUT2D eigenvalue weighted by Gasteiger charge is -2.16. The summed E-state index contributed by atoms with van der Waals surface area (Å²) in [5.41, 5.74) is 3.52. The Morgan fingerprint density at radius 1 is 1.00 bits per heavy atom. The van der Waals surface area contributed by atoms with Crippen LogP contribution in [-0.4, -0.2) is 16.3 Å². The molecule has 21 heavy (non-hydrogen) atoms. The smallest absolute Gasteiger partial charge is 0.0876 e. The van der Waals surface area contributed by atoms with E-state index in [0.29, 0.717) is 5.92 Å². The number of benzene rings is 2. The van der Waals surface area contributed by atoms with Crippen molar-refractivity contribution in [1.29, 1.82) is 0 Å². The molecule has 1 heterocycles. The summed E-state index contributed by atoms with van der Waals surface area (Å²) in [5.74, 6) is 0.455. The van der Waals surface area contributed by atoms with E-state index < -0.39 is 0 Å². The van der Waals surface area contributed by atoms with Gasteiger partial charge in [-0.15, -0.1) is 0 Å². The van der Waals surface area contributed by atoms with Gasteiger partial charge < -0.3 is 5.32 Å². The molecule has 0 aliphatic rings. The lowest BCUT2D eigenvalue weighted by Crippen LogP contribution is -2.11. The molecule has 0 aliphatic carbocycles. The number of nitrogens with one attached hydrogen (secondary N) is 1. The first-order chi connectivity index (χ1) is 10.3. The number of hydrogen-bond donors (Lipinski definition) is 1. The molecular formula is C18H19N3. The van der Waals surface area contributed by atoms with Crippen LogP contribution in [0.15, 0.2) is 73.1 Å². The Morgan fingerprint density at radius 2 is 1.76 bits per heavy atom. The minimum atomic E-state index is 0.455. The number of rotatable bonds is 5. The van der Waals surface area contributed by atoms with Gasteiger partial charge in [0, 0.05) is 18.9 Å². The average Bonchev–Trinajstić information content (AvgIpc) is 3.08. The zero-order valence-electron chi connectivity index (χ0n) is 12.1. The van der Waals surface area contributed by atoms with Crippen molar-refractivity contribution in [2.45, 2.75) is 12.8 Å². The van der Waals surface area contributed by atoms with Crippen LogP contribution in [-0.2, 0) is 0 Å². The zero-order chi connectivity index (χ0) is 14.5. The predicted octanol–water partition coefficient (Wildman–Crippen LogP) is 4.09. The summed E-state index contributed by atoms with van der Waals surface area (Å²) in [5, 5.41) is 7.85. The van der Waals surface area contributed by atoms with E-state index in [1.54, 1.807) is 6.20 Å². The Balaban J connectivity index is 1.74. The van der Waals surface area contributed by atoms with Gasteiger partial charge in [0.05, 0.1) is 11.4 Å². The van der Waals surface area contributed by atoms with Crippen LogP contribution in [0.2, 0.25) is 0 Å². The van der Waals surface area contributed by atoms with Crippen molar-refractivity contribution >= 4 is 5.69 Å². The molecule has 3 heteroatoms.